The molecule has 1 aromatic heterocycles. The Morgan fingerprint density at radius 3 is 2.24 bits per heavy atom. The van der Waals surface area contributed by atoms with Crippen LogP contribution < -0.4 is 30.2 Å². The number of benzene rings is 3. The van der Waals surface area contributed by atoms with Crippen LogP contribution in [0.3, 0.4) is 0 Å². The molecule has 0 saturated carbocycles. The first-order valence-corrected chi connectivity index (χ1v) is 12.9. The van der Waals surface area contributed by atoms with E-state index < -0.39 is 6.04 Å². The minimum absolute atomic E-state index is 0.325. The van der Waals surface area contributed by atoms with Crippen LogP contribution in [0.2, 0.25) is 0 Å². The molecule has 10 heteroatoms. The van der Waals surface area contributed by atoms with E-state index in [9.17, 15) is 9.59 Å². The lowest BCUT2D eigenvalue weighted by atomic mass is 9.94. The topological polar surface area (TPSA) is 116 Å². The summed E-state index contributed by atoms with van der Waals surface area (Å²) in [5, 5.41) is 13.7. The maximum Gasteiger partial charge on any atom is 0.261 e. The number of amides is 2. The molecule has 1 atom stereocenters. The number of allylic oxidation sites excluding steroid dienone is 1. The van der Waals surface area contributed by atoms with Gasteiger partial charge in [-0.2, -0.15) is 5.10 Å². The van der Waals surface area contributed by atoms with E-state index in [0.717, 1.165) is 11.1 Å². The smallest absolute Gasteiger partial charge is 0.261 e. The molecular weight excluding hydrogens is 522 g/mol. The Kier molecular flexibility index (Phi) is 7.64. The Morgan fingerprint density at radius 1 is 0.829 bits per heavy atom. The molecule has 2 heterocycles. The molecule has 4 aromatic rings. The third-order valence-corrected chi connectivity index (χ3v) is 6.86. The SMILES string of the molecule is COc1ccc(NC(=O)C2=C(C)Nc3c(C(=O)Nc4cccc(C)c4)cnn3[C@H]2c2ccc(OC)c(OC)c2)cc1. The van der Waals surface area contributed by atoms with Crippen LogP contribution >= 0.6 is 0 Å². The number of ether oxygens (including phenoxy) is 3. The van der Waals surface area contributed by atoms with E-state index >= 15 is 0 Å². The molecule has 1 aliphatic heterocycles. The van der Waals surface area contributed by atoms with Gasteiger partial charge in [0.05, 0.1) is 33.1 Å². The van der Waals surface area contributed by atoms with Crippen LogP contribution in [0.4, 0.5) is 17.2 Å². The summed E-state index contributed by atoms with van der Waals surface area (Å²) >= 11 is 0. The molecule has 1 aliphatic rings. The van der Waals surface area contributed by atoms with Gasteiger partial charge >= 0.3 is 0 Å². The Bertz CT molecular complexity index is 1640. The third-order valence-electron chi connectivity index (χ3n) is 6.86. The summed E-state index contributed by atoms with van der Waals surface area (Å²) in [6, 6.07) is 19.4. The molecule has 0 fully saturated rings. The van der Waals surface area contributed by atoms with Gasteiger partial charge in [0, 0.05) is 17.1 Å². The summed E-state index contributed by atoms with van der Waals surface area (Å²) in [5.74, 6) is 1.55. The maximum absolute atomic E-state index is 13.8. The number of methoxy groups -OCH3 is 3. The predicted molar refractivity (Wildman–Crippen MR) is 157 cm³/mol. The van der Waals surface area contributed by atoms with Crippen LogP contribution in [0.1, 0.15) is 34.5 Å². The molecule has 0 aliphatic carbocycles. The zero-order chi connectivity index (χ0) is 29.1. The molecule has 0 saturated heterocycles. The van der Waals surface area contributed by atoms with Crippen molar-refractivity contribution in [2.45, 2.75) is 19.9 Å². The molecule has 0 spiro atoms. The third kappa shape index (κ3) is 5.44. The predicted octanol–water partition coefficient (Wildman–Crippen LogP) is 5.40. The number of nitrogens with zero attached hydrogens (tertiary/aromatic N) is 2. The second kappa shape index (κ2) is 11.5. The highest BCUT2D eigenvalue weighted by Crippen LogP contribution is 2.40. The van der Waals surface area contributed by atoms with Crippen LogP contribution in [-0.2, 0) is 4.79 Å². The number of aryl methyl sites for hydroxylation is 1. The van der Waals surface area contributed by atoms with Gasteiger partial charge in [-0.05, 0) is 73.5 Å². The van der Waals surface area contributed by atoms with Gasteiger partial charge in [-0.15, -0.1) is 0 Å². The van der Waals surface area contributed by atoms with Crippen molar-refractivity contribution in [1.29, 1.82) is 0 Å². The highest BCUT2D eigenvalue weighted by Gasteiger charge is 2.36. The van der Waals surface area contributed by atoms with Crippen molar-refractivity contribution in [1.82, 2.24) is 9.78 Å². The molecule has 3 N–H and O–H groups in total. The van der Waals surface area contributed by atoms with Gasteiger partial charge in [0.25, 0.3) is 11.8 Å². The average Bonchev–Trinajstić information content (AvgIpc) is 3.40. The summed E-state index contributed by atoms with van der Waals surface area (Å²) in [5.41, 5.74) is 4.37. The quantitative estimate of drug-likeness (QED) is 0.268. The number of hydrogen-bond donors (Lipinski definition) is 3. The molecule has 0 unspecified atom stereocenters. The summed E-state index contributed by atoms with van der Waals surface area (Å²) < 4.78 is 17.8. The fourth-order valence-electron chi connectivity index (χ4n) is 4.84. The van der Waals surface area contributed by atoms with Crippen LogP contribution in [0.5, 0.6) is 17.2 Å². The van der Waals surface area contributed by atoms with E-state index in [-0.39, 0.29) is 11.8 Å². The van der Waals surface area contributed by atoms with E-state index in [0.29, 0.717) is 51.3 Å². The first kappa shape index (κ1) is 27.3. The zero-order valence-electron chi connectivity index (χ0n) is 23.4. The van der Waals surface area contributed by atoms with Crippen LogP contribution in [0, 0.1) is 6.92 Å². The Hall–Kier alpha value is -5.25. The second-order valence-corrected chi connectivity index (χ2v) is 9.54. The Morgan fingerprint density at radius 2 is 1.56 bits per heavy atom. The van der Waals surface area contributed by atoms with Crippen LogP contribution in [-0.4, -0.2) is 42.9 Å². The molecule has 5 rings (SSSR count). The second-order valence-electron chi connectivity index (χ2n) is 9.54. The zero-order valence-corrected chi connectivity index (χ0v) is 23.4. The fourth-order valence-corrected chi connectivity index (χ4v) is 4.84. The Balaban J connectivity index is 1.56. The monoisotopic (exact) mass is 553 g/mol. The number of carbonyl (C=O) groups excluding carboxylic acids is 2. The summed E-state index contributed by atoms with van der Waals surface area (Å²) in [4.78, 5) is 27.2. The molecule has 10 nitrogen and oxygen atoms in total. The van der Waals surface area contributed by atoms with Crippen molar-refractivity contribution in [3.63, 3.8) is 0 Å². The minimum Gasteiger partial charge on any atom is -0.497 e. The highest BCUT2D eigenvalue weighted by molar-refractivity contribution is 6.09. The van der Waals surface area contributed by atoms with Crippen molar-refractivity contribution >= 4 is 29.0 Å². The summed E-state index contributed by atoms with van der Waals surface area (Å²) in [6.07, 6.45) is 1.50. The van der Waals surface area contributed by atoms with Crippen molar-refractivity contribution in [3.05, 3.63) is 101 Å². The number of hydrogen-bond acceptors (Lipinski definition) is 7. The van der Waals surface area contributed by atoms with Crippen LogP contribution in [0.15, 0.2) is 84.2 Å². The average molecular weight is 554 g/mol. The minimum atomic E-state index is -0.676. The maximum atomic E-state index is 13.8. The van der Waals surface area contributed by atoms with E-state index in [4.69, 9.17) is 14.2 Å². The van der Waals surface area contributed by atoms with E-state index in [1.165, 1.54) is 6.20 Å². The molecule has 2 amide bonds. The number of anilines is 3. The van der Waals surface area contributed by atoms with Gasteiger partial charge in [0.1, 0.15) is 23.2 Å². The van der Waals surface area contributed by atoms with Crippen molar-refractivity contribution < 1.29 is 23.8 Å². The first-order chi connectivity index (χ1) is 19.8. The molecule has 0 radical (unpaired) electrons. The van der Waals surface area contributed by atoms with Gasteiger partial charge in [0.2, 0.25) is 0 Å². The lowest BCUT2D eigenvalue weighted by molar-refractivity contribution is -0.113. The summed E-state index contributed by atoms with van der Waals surface area (Å²) in [7, 11) is 4.69. The number of rotatable bonds is 8. The number of nitrogens with one attached hydrogen (secondary N) is 3. The fraction of sp³-hybridized carbons (Fsp3) is 0.194. The van der Waals surface area contributed by atoms with Crippen molar-refractivity contribution in [2.24, 2.45) is 0 Å². The molecule has 0 bridgehead atoms. The molecular formula is C31H31N5O5. The largest absolute Gasteiger partial charge is 0.497 e. The molecule has 210 valence electrons. The van der Waals surface area contributed by atoms with E-state index in [2.05, 4.69) is 21.0 Å². The number of fused-ring (bicyclic) bond motifs is 1. The van der Waals surface area contributed by atoms with Gasteiger partial charge in [-0.1, -0.05) is 18.2 Å². The van der Waals surface area contributed by atoms with E-state index in [1.54, 1.807) is 69.3 Å². The normalized spacial score (nSPS) is 14.0. The lowest BCUT2D eigenvalue weighted by Crippen LogP contribution is -2.32. The van der Waals surface area contributed by atoms with E-state index in [1.807, 2.05) is 37.3 Å². The van der Waals surface area contributed by atoms with Crippen LogP contribution in [0.25, 0.3) is 0 Å². The van der Waals surface area contributed by atoms with Gasteiger partial charge in [0.15, 0.2) is 11.5 Å². The van der Waals surface area contributed by atoms with Crippen molar-refractivity contribution in [3.8, 4) is 17.2 Å². The first-order valence-electron chi connectivity index (χ1n) is 12.9. The highest BCUT2D eigenvalue weighted by atomic mass is 16.5. The van der Waals surface area contributed by atoms with Gasteiger partial charge < -0.3 is 30.2 Å². The van der Waals surface area contributed by atoms with Gasteiger partial charge in [-0.25, -0.2) is 4.68 Å². The summed E-state index contributed by atoms with van der Waals surface area (Å²) in [6.45, 7) is 3.76. The molecule has 41 heavy (non-hydrogen) atoms. The Labute approximate surface area is 237 Å². The number of aromatic nitrogens is 2. The van der Waals surface area contributed by atoms with Crippen molar-refractivity contribution in [2.75, 3.05) is 37.3 Å². The standard InChI is InChI=1S/C31H31N5O5/c1-18-7-6-8-22(15-18)35-30(37)24-17-32-36-28(20-9-14-25(40-4)26(16-20)41-5)27(19(2)33-29(24)36)31(38)34-21-10-12-23(39-3)13-11-21/h6-17,28,33H,1-5H3,(H,34,38)(H,35,37)/t28-/m0/s1. The lowest BCUT2D eigenvalue weighted by Gasteiger charge is -2.30. The number of carbonyl (C=O) groups is 2. The van der Waals surface area contributed by atoms with Gasteiger partial charge in [-0.3, -0.25) is 9.59 Å². The molecule has 3 aromatic carbocycles.